The summed E-state index contributed by atoms with van der Waals surface area (Å²) in [6, 6.07) is 17.2. The number of Topliss-reactive ketones (excluding diaryl/α,β-unsaturated/α-hetero) is 1. The minimum Gasteiger partial charge on any atom is -0.293 e. The molecule has 0 atom stereocenters. The molecule has 20 heavy (non-hydrogen) atoms. The van der Waals surface area contributed by atoms with Gasteiger partial charge in [-0.15, -0.1) is 0 Å². The van der Waals surface area contributed by atoms with E-state index >= 15 is 0 Å². The molecule has 0 aliphatic heterocycles. The van der Waals surface area contributed by atoms with E-state index in [1.54, 1.807) is 12.1 Å². The fraction of sp³-hybridized carbons (Fsp3) is 0.278. The molecule has 2 aromatic carbocycles. The molecule has 0 aromatic heterocycles. The van der Waals surface area contributed by atoms with E-state index < -0.39 is 5.41 Å². The van der Waals surface area contributed by atoms with Crippen LogP contribution in [0.5, 0.6) is 0 Å². The molecule has 104 valence electrons. The Labute approximate surface area is 125 Å². The number of ketones is 1. The average Bonchev–Trinajstić information content (AvgIpc) is 2.50. The zero-order chi connectivity index (χ0) is 14.6. The number of halogens is 1. The third-order valence-corrected chi connectivity index (χ3v) is 4.29. The Morgan fingerprint density at radius 2 is 1.65 bits per heavy atom. The first-order chi connectivity index (χ1) is 9.64. The summed E-state index contributed by atoms with van der Waals surface area (Å²) in [7, 11) is 0. The number of benzene rings is 2. The number of hydrogen-bond donors (Lipinski definition) is 0. The molecule has 0 heterocycles. The second-order valence-corrected chi connectivity index (χ2v) is 5.43. The van der Waals surface area contributed by atoms with Gasteiger partial charge in [-0.1, -0.05) is 67.9 Å². The normalized spacial score (nSPS) is 11.3. The molecule has 2 heteroatoms. The molecule has 0 aliphatic rings. The highest BCUT2D eigenvalue weighted by Crippen LogP contribution is 2.35. The molecule has 0 radical (unpaired) electrons. The molecule has 2 rings (SSSR count). The van der Waals surface area contributed by atoms with Crippen LogP contribution in [0.2, 0.25) is 5.02 Å². The first-order valence-corrected chi connectivity index (χ1v) is 7.37. The summed E-state index contributed by atoms with van der Waals surface area (Å²) in [4.78, 5) is 13.0. The third kappa shape index (κ3) is 2.64. The van der Waals surface area contributed by atoms with Crippen molar-refractivity contribution in [3.8, 4) is 0 Å². The molecule has 1 nitrogen and oxygen atoms in total. The molecule has 0 aliphatic carbocycles. The van der Waals surface area contributed by atoms with Crippen molar-refractivity contribution in [1.82, 2.24) is 0 Å². The Bertz CT molecular complexity index is 585. The van der Waals surface area contributed by atoms with Crippen molar-refractivity contribution in [3.05, 3.63) is 70.7 Å². The van der Waals surface area contributed by atoms with Crippen molar-refractivity contribution in [1.29, 1.82) is 0 Å². The number of carbonyl (C=O) groups is 1. The zero-order valence-electron chi connectivity index (χ0n) is 11.9. The lowest BCUT2D eigenvalue weighted by Gasteiger charge is -2.31. The lowest BCUT2D eigenvalue weighted by atomic mass is 9.70. The molecule has 0 bridgehead atoms. The van der Waals surface area contributed by atoms with Crippen LogP contribution in [0.25, 0.3) is 0 Å². The third-order valence-electron chi connectivity index (χ3n) is 4.05. The monoisotopic (exact) mass is 286 g/mol. The number of rotatable bonds is 5. The van der Waals surface area contributed by atoms with Crippen LogP contribution < -0.4 is 0 Å². The Morgan fingerprint density at radius 3 is 2.20 bits per heavy atom. The van der Waals surface area contributed by atoms with E-state index in [9.17, 15) is 4.79 Å². The molecule has 0 saturated carbocycles. The summed E-state index contributed by atoms with van der Waals surface area (Å²) >= 11 is 6.02. The maximum absolute atomic E-state index is 13.0. The van der Waals surface area contributed by atoms with Gasteiger partial charge in [0.05, 0.1) is 5.41 Å². The van der Waals surface area contributed by atoms with Gasteiger partial charge in [0.1, 0.15) is 0 Å². The van der Waals surface area contributed by atoms with Gasteiger partial charge in [-0.3, -0.25) is 4.79 Å². The van der Waals surface area contributed by atoms with E-state index in [-0.39, 0.29) is 5.78 Å². The quantitative estimate of drug-likeness (QED) is 0.683. The number of hydrogen-bond acceptors (Lipinski definition) is 1. The summed E-state index contributed by atoms with van der Waals surface area (Å²) in [6.45, 7) is 4.14. The molecule has 0 unspecified atom stereocenters. The molecular formula is C18H19ClO. The van der Waals surface area contributed by atoms with Crippen molar-refractivity contribution in [2.24, 2.45) is 0 Å². The number of carbonyl (C=O) groups excluding carboxylic acids is 1. The first-order valence-electron chi connectivity index (χ1n) is 7.00. The van der Waals surface area contributed by atoms with Crippen LogP contribution in [0.4, 0.5) is 0 Å². The largest absolute Gasteiger partial charge is 0.293 e. The first kappa shape index (κ1) is 14.8. The SMILES string of the molecule is CCC(CC)(C(=O)c1cccc(Cl)c1)c1ccccc1. The van der Waals surface area contributed by atoms with Gasteiger partial charge in [-0.2, -0.15) is 0 Å². The van der Waals surface area contributed by atoms with Gasteiger partial charge in [0.25, 0.3) is 0 Å². The van der Waals surface area contributed by atoms with Crippen LogP contribution in [0.1, 0.15) is 42.6 Å². The maximum Gasteiger partial charge on any atom is 0.173 e. The summed E-state index contributed by atoms with van der Waals surface area (Å²) in [5.74, 6) is 0.149. The van der Waals surface area contributed by atoms with Crippen molar-refractivity contribution < 1.29 is 4.79 Å². The van der Waals surface area contributed by atoms with E-state index in [0.717, 1.165) is 18.4 Å². The van der Waals surface area contributed by atoms with E-state index in [4.69, 9.17) is 11.6 Å². The maximum atomic E-state index is 13.0. The molecule has 0 N–H and O–H groups in total. The average molecular weight is 287 g/mol. The van der Waals surface area contributed by atoms with Crippen molar-refractivity contribution in [3.63, 3.8) is 0 Å². The van der Waals surface area contributed by atoms with Gasteiger partial charge >= 0.3 is 0 Å². The minimum atomic E-state index is -0.466. The zero-order valence-corrected chi connectivity index (χ0v) is 12.7. The summed E-state index contributed by atoms with van der Waals surface area (Å²) < 4.78 is 0. The highest BCUT2D eigenvalue weighted by molar-refractivity contribution is 6.31. The lowest BCUT2D eigenvalue weighted by molar-refractivity contribution is 0.0873. The summed E-state index contributed by atoms with van der Waals surface area (Å²) in [6.07, 6.45) is 1.55. The Balaban J connectivity index is 2.51. The molecular weight excluding hydrogens is 268 g/mol. The van der Waals surface area contributed by atoms with Crippen LogP contribution >= 0.6 is 11.6 Å². The van der Waals surface area contributed by atoms with Gasteiger partial charge in [0.2, 0.25) is 0 Å². The second-order valence-electron chi connectivity index (χ2n) is 4.99. The molecule has 0 spiro atoms. The fourth-order valence-electron chi connectivity index (χ4n) is 2.77. The smallest absolute Gasteiger partial charge is 0.173 e. The van der Waals surface area contributed by atoms with Crippen LogP contribution in [0.3, 0.4) is 0 Å². The van der Waals surface area contributed by atoms with Crippen LogP contribution in [0, 0.1) is 0 Å². The second kappa shape index (κ2) is 6.23. The van der Waals surface area contributed by atoms with E-state index in [0.29, 0.717) is 10.6 Å². The van der Waals surface area contributed by atoms with E-state index in [2.05, 4.69) is 13.8 Å². The highest BCUT2D eigenvalue weighted by Gasteiger charge is 2.37. The standard InChI is InChI=1S/C18H19ClO/c1-3-18(4-2,15-10-6-5-7-11-15)17(20)14-9-8-12-16(19)13-14/h5-13H,3-4H2,1-2H3. The summed E-state index contributed by atoms with van der Waals surface area (Å²) in [5, 5.41) is 0.602. The Hall–Kier alpha value is -1.60. The molecule has 0 fully saturated rings. The predicted molar refractivity (Wildman–Crippen MR) is 84.5 cm³/mol. The van der Waals surface area contributed by atoms with E-state index in [1.165, 1.54) is 0 Å². The van der Waals surface area contributed by atoms with Gasteiger partial charge in [0, 0.05) is 10.6 Å². The highest BCUT2D eigenvalue weighted by atomic mass is 35.5. The van der Waals surface area contributed by atoms with Crippen molar-refractivity contribution in [2.75, 3.05) is 0 Å². The van der Waals surface area contributed by atoms with Gasteiger partial charge in [-0.05, 0) is 30.5 Å². The minimum absolute atomic E-state index is 0.149. The van der Waals surface area contributed by atoms with Crippen molar-refractivity contribution in [2.45, 2.75) is 32.1 Å². The van der Waals surface area contributed by atoms with Gasteiger partial charge in [-0.25, -0.2) is 0 Å². The van der Waals surface area contributed by atoms with Gasteiger partial charge < -0.3 is 0 Å². The lowest BCUT2D eigenvalue weighted by Crippen LogP contribution is -2.34. The van der Waals surface area contributed by atoms with Crippen LogP contribution in [-0.4, -0.2) is 5.78 Å². The fourth-order valence-corrected chi connectivity index (χ4v) is 2.96. The van der Waals surface area contributed by atoms with Crippen molar-refractivity contribution >= 4 is 17.4 Å². The Morgan fingerprint density at radius 1 is 1.00 bits per heavy atom. The Kier molecular flexibility index (Phi) is 4.61. The molecule has 0 saturated heterocycles. The van der Waals surface area contributed by atoms with E-state index in [1.807, 2.05) is 42.5 Å². The topological polar surface area (TPSA) is 17.1 Å². The van der Waals surface area contributed by atoms with Crippen LogP contribution in [0.15, 0.2) is 54.6 Å². The molecule has 2 aromatic rings. The molecule has 0 amide bonds. The van der Waals surface area contributed by atoms with Gasteiger partial charge in [0.15, 0.2) is 5.78 Å². The van der Waals surface area contributed by atoms with Crippen LogP contribution in [-0.2, 0) is 5.41 Å². The predicted octanol–water partition coefficient (Wildman–Crippen LogP) is 5.28. The summed E-state index contributed by atoms with van der Waals surface area (Å²) in [5.41, 5.74) is 1.30.